The van der Waals surface area contributed by atoms with Gasteiger partial charge >= 0.3 is 12.3 Å². The van der Waals surface area contributed by atoms with Crippen LogP contribution in [0.2, 0.25) is 0 Å². The Morgan fingerprint density at radius 1 is 1.09 bits per heavy atom. The molecular weight excluding hydrogens is 437 g/mol. The molecule has 2 aromatic heterocycles. The maximum absolute atomic E-state index is 12.3. The smallest absolute Gasteiger partial charge is 0.495 e. The van der Waals surface area contributed by atoms with Crippen LogP contribution in [0.15, 0.2) is 54.9 Å². The highest BCUT2D eigenvalue weighted by Gasteiger charge is 2.46. The van der Waals surface area contributed by atoms with Crippen LogP contribution in [0.25, 0.3) is 23.4 Å². The van der Waals surface area contributed by atoms with Crippen molar-refractivity contribution in [1.29, 1.82) is 0 Å². The van der Waals surface area contributed by atoms with E-state index in [4.69, 9.17) is 4.74 Å². The summed E-state index contributed by atoms with van der Waals surface area (Å²) in [6.07, 6.45) is 2.62. The molecule has 0 saturated heterocycles. The van der Waals surface area contributed by atoms with Crippen LogP contribution in [0.1, 0.15) is 29.2 Å². The molecule has 1 unspecified atom stereocenters. The quantitative estimate of drug-likeness (QED) is 0.512. The zero-order chi connectivity index (χ0) is 23.6. The van der Waals surface area contributed by atoms with Crippen molar-refractivity contribution in [2.45, 2.75) is 18.7 Å². The van der Waals surface area contributed by atoms with Gasteiger partial charge in [0, 0.05) is 23.9 Å². The number of rotatable bonds is 7. The maximum Gasteiger partial charge on any atom is 0.573 e. The van der Waals surface area contributed by atoms with E-state index < -0.39 is 18.2 Å². The van der Waals surface area contributed by atoms with E-state index in [9.17, 15) is 23.1 Å². The van der Waals surface area contributed by atoms with E-state index in [2.05, 4.69) is 14.7 Å². The average Bonchev–Trinajstić information content (AvgIpc) is 3.59. The Kier molecular flexibility index (Phi) is 6.04. The number of nitrogens with zero attached hydrogens (tertiary/aromatic N) is 2. The standard InChI is InChI=1S/C24H19F3N2O4/c1-32-21-9-8-20(29-22(21)18-11-19(18)23(30)31)16-10-15(12-28-13-16)3-2-14-4-6-17(7-5-14)33-24(25,26)27/h2-10,12-13,18-19H,11H2,1H3,(H,30,31)/b3-2-/t18?,19-/m1/s1. The highest BCUT2D eigenvalue weighted by atomic mass is 19.4. The maximum atomic E-state index is 12.3. The predicted molar refractivity (Wildman–Crippen MR) is 115 cm³/mol. The Hall–Kier alpha value is -3.88. The lowest BCUT2D eigenvalue weighted by Crippen LogP contribution is -2.16. The highest BCUT2D eigenvalue weighted by Crippen LogP contribution is 2.50. The first kappa shape index (κ1) is 22.3. The van der Waals surface area contributed by atoms with Crippen molar-refractivity contribution in [3.05, 3.63) is 71.7 Å². The van der Waals surface area contributed by atoms with Gasteiger partial charge in [-0.3, -0.25) is 9.78 Å². The predicted octanol–water partition coefficient (Wildman–Crippen LogP) is 5.41. The van der Waals surface area contributed by atoms with Gasteiger partial charge in [0.05, 0.1) is 24.4 Å². The van der Waals surface area contributed by atoms with Crippen LogP contribution in [-0.4, -0.2) is 34.5 Å². The molecule has 3 aromatic rings. The van der Waals surface area contributed by atoms with Gasteiger partial charge in [-0.25, -0.2) is 4.98 Å². The fraction of sp³-hybridized carbons (Fsp3) is 0.208. The monoisotopic (exact) mass is 456 g/mol. The Morgan fingerprint density at radius 2 is 1.82 bits per heavy atom. The second-order valence-electron chi connectivity index (χ2n) is 7.53. The third kappa shape index (κ3) is 5.49. The molecule has 1 aliphatic rings. The van der Waals surface area contributed by atoms with E-state index in [0.29, 0.717) is 29.1 Å². The van der Waals surface area contributed by atoms with Gasteiger partial charge in [0.25, 0.3) is 0 Å². The van der Waals surface area contributed by atoms with Gasteiger partial charge in [-0.05, 0) is 47.9 Å². The van der Waals surface area contributed by atoms with Crippen LogP contribution in [-0.2, 0) is 4.79 Å². The molecule has 0 amide bonds. The second kappa shape index (κ2) is 8.93. The highest BCUT2D eigenvalue weighted by molar-refractivity contribution is 5.76. The summed E-state index contributed by atoms with van der Waals surface area (Å²) in [5.74, 6) is -1.22. The van der Waals surface area contributed by atoms with Crippen LogP contribution in [0.4, 0.5) is 13.2 Å². The summed E-state index contributed by atoms with van der Waals surface area (Å²) in [7, 11) is 1.52. The van der Waals surface area contributed by atoms with Crippen molar-refractivity contribution < 1.29 is 32.5 Å². The van der Waals surface area contributed by atoms with Crippen molar-refractivity contribution in [3.8, 4) is 22.8 Å². The van der Waals surface area contributed by atoms with Gasteiger partial charge in [-0.15, -0.1) is 13.2 Å². The summed E-state index contributed by atoms with van der Waals surface area (Å²) in [4.78, 5) is 20.2. The number of carbonyl (C=O) groups is 1. The Balaban J connectivity index is 1.53. The SMILES string of the molecule is COc1ccc(-c2cncc(/C=C\c3ccc(OC(F)(F)F)cc3)c2)nc1C1C[C@H]1C(=O)O. The topological polar surface area (TPSA) is 81.5 Å². The Bertz CT molecular complexity index is 1190. The molecule has 4 rings (SSSR count). The van der Waals surface area contributed by atoms with E-state index in [1.165, 1.54) is 31.4 Å². The summed E-state index contributed by atoms with van der Waals surface area (Å²) >= 11 is 0. The van der Waals surface area contributed by atoms with Crippen LogP contribution in [0, 0.1) is 5.92 Å². The molecule has 1 aliphatic carbocycles. The third-order valence-corrected chi connectivity index (χ3v) is 5.20. The van der Waals surface area contributed by atoms with Gasteiger partial charge < -0.3 is 14.6 Å². The van der Waals surface area contributed by atoms with E-state index in [-0.39, 0.29) is 11.7 Å². The number of aliphatic carboxylic acids is 1. The van der Waals surface area contributed by atoms with Gasteiger partial charge in [-0.2, -0.15) is 0 Å². The summed E-state index contributed by atoms with van der Waals surface area (Å²) < 4.78 is 46.1. The first-order chi connectivity index (χ1) is 15.7. The molecule has 1 fully saturated rings. The number of carboxylic acids is 1. The van der Waals surface area contributed by atoms with Crippen molar-refractivity contribution in [3.63, 3.8) is 0 Å². The number of benzene rings is 1. The number of ether oxygens (including phenoxy) is 2. The summed E-state index contributed by atoms with van der Waals surface area (Å²) in [6, 6.07) is 10.9. The molecule has 0 bridgehead atoms. The number of hydrogen-bond donors (Lipinski definition) is 1. The minimum Gasteiger partial charge on any atom is -0.495 e. The lowest BCUT2D eigenvalue weighted by molar-refractivity contribution is -0.274. The summed E-state index contributed by atoms with van der Waals surface area (Å²) in [5.41, 5.74) is 3.44. The summed E-state index contributed by atoms with van der Waals surface area (Å²) in [6.45, 7) is 0. The zero-order valence-electron chi connectivity index (χ0n) is 17.4. The van der Waals surface area contributed by atoms with Crippen LogP contribution in [0.5, 0.6) is 11.5 Å². The Morgan fingerprint density at radius 3 is 2.45 bits per heavy atom. The number of pyridine rings is 2. The molecule has 1 aromatic carbocycles. The van der Waals surface area contributed by atoms with Crippen molar-refractivity contribution in [2.75, 3.05) is 7.11 Å². The molecule has 1 saturated carbocycles. The fourth-order valence-electron chi connectivity index (χ4n) is 3.49. The number of methoxy groups -OCH3 is 1. The molecule has 0 spiro atoms. The van der Waals surface area contributed by atoms with Gasteiger partial charge in [0.1, 0.15) is 11.5 Å². The van der Waals surface area contributed by atoms with E-state index in [0.717, 1.165) is 11.1 Å². The number of halogens is 3. The lowest BCUT2D eigenvalue weighted by atomic mass is 10.1. The van der Waals surface area contributed by atoms with Crippen LogP contribution < -0.4 is 9.47 Å². The first-order valence-electron chi connectivity index (χ1n) is 10.0. The number of hydrogen-bond acceptors (Lipinski definition) is 5. The zero-order valence-corrected chi connectivity index (χ0v) is 17.4. The van der Waals surface area contributed by atoms with E-state index in [1.807, 2.05) is 6.07 Å². The Labute approximate surface area is 187 Å². The van der Waals surface area contributed by atoms with E-state index in [1.54, 1.807) is 36.7 Å². The molecule has 33 heavy (non-hydrogen) atoms. The van der Waals surface area contributed by atoms with Crippen molar-refractivity contribution in [2.24, 2.45) is 5.92 Å². The molecule has 170 valence electrons. The normalized spacial score (nSPS) is 17.7. The van der Waals surface area contributed by atoms with Crippen molar-refractivity contribution >= 4 is 18.1 Å². The van der Waals surface area contributed by atoms with E-state index >= 15 is 0 Å². The van der Waals surface area contributed by atoms with Gasteiger partial charge in [0.2, 0.25) is 0 Å². The van der Waals surface area contributed by atoms with Crippen LogP contribution in [0.3, 0.4) is 0 Å². The van der Waals surface area contributed by atoms with Crippen LogP contribution >= 0.6 is 0 Å². The minimum atomic E-state index is -4.73. The fourth-order valence-corrected chi connectivity index (χ4v) is 3.49. The van der Waals surface area contributed by atoms with Gasteiger partial charge in [0.15, 0.2) is 0 Å². The molecule has 9 heteroatoms. The first-order valence-corrected chi connectivity index (χ1v) is 10.0. The number of aromatic nitrogens is 2. The average molecular weight is 456 g/mol. The minimum absolute atomic E-state index is 0.183. The largest absolute Gasteiger partial charge is 0.573 e. The second-order valence-corrected chi connectivity index (χ2v) is 7.53. The molecule has 0 radical (unpaired) electrons. The number of alkyl halides is 3. The van der Waals surface area contributed by atoms with Crippen molar-refractivity contribution in [1.82, 2.24) is 9.97 Å². The molecule has 1 N–H and O–H groups in total. The van der Waals surface area contributed by atoms with Gasteiger partial charge in [-0.1, -0.05) is 24.3 Å². The lowest BCUT2D eigenvalue weighted by Gasteiger charge is -2.10. The molecule has 0 aliphatic heterocycles. The molecule has 2 heterocycles. The molecule has 2 atom stereocenters. The third-order valence-electron chi connectivity index (χ3n) is 5.20. The number of carboxylic acid groups (broad SMARTS) is 1. The molecular formula is C24H19F3N2O4. The summed E-state index contributed by atoms with van der Waals surface area (Å²) in [5, 5.41) is 9.25. The molecule has 6 nitrogen and oxygen atoms in total.